The number of benzene rings is 3. The molecule has 0 fully saturated rings. The van der Waals surface area contributed by atoms with Crippen LogP contribution in [0.1, 0.15) is 29.0 Å². The van der Waals surface area contributed by atoms with Crippen molar-refractivity contribution in [3.05, 3.63) is 95.6 Å². The molecule has 0 aromatic heterocycles. The highest BCUT2D eigenvalue weighted by Gasteiger charge is 2.15. The van der Waals surface area contributed by atoms with Crippen LogP contribution >= 0.6 is 0 Å². The van der Waals surface area contributed by atoms with Crippen LogP contribution in [0, 0.1) is 0 Å². The Bertz CT molecular complexity index is 712. The highest BCUT2D eigenvalue weighted by Crippen LogP contribution is 2.33. The Morgan fingerprint density at radius 3 is 1.78 bits per heavy atom. The molecule has 23 heavy (non-hydrogen) atoms. The Balaban J connectivity index is 1.86. The smallest absolute Gasteiger partial charge is 0.160 e. The average molecular weight is 304 g/mol. The zero-order valence-corrected chi connectivity index (χ0v) is 12.9. The fourth-order valence-electron chi connectivity index (χ4n) is 2.98. The van der Waals surface area contributed by atoms with E-state index in [-0.39, 0.29) is 17.4 Å². The zero-order valence-electron chi connectivity index (χ0n) is 12.9. The quantitative estimate of drug-likeness (QED) is 0.661. The van der Waals surface area contributed by atoms with E-state index in [0.717, 1.165) is 12.0 Å². The lowest BCUT2D eigenvalue weighted by Crippen LogP contribution is -2.03. The lowest BCUT2D eigenvalue weighted by molar-refractivity contribution is 0.398. The van der Waals surface area contributed by atoms with Crippen molar-refractivity contribution in [1.29, 1.82) is 0 Å². The fraction of sp³-hybridized carbons (Fsp3) is 0.143. The monoisotopic (exact) mass is 304 g/mol. The molecule has 0 saturated heterocycles. The molecule has 3 rings (SSSR count). The highest BCUT2D eigenvalue weighted by atomic mass is 16.3. The van der Waals surface area contributed by atoms with Gasteiger partial charge >= 0.3 is 0 Å². The summed E-state index contributed by atoms with van der Waals surface area (Å²) in [6.45, 7) is 0. The third kappa shape index (κ3) is 3.54. The number of phenolic OH excluding ortho intramolecular Hbond substituents is 2. The number of rotatable bonds is 5. The van der Waals surface area contributed by atoms with E-state index >= 15 is 0 Å². The lowest BCUT2D eigenvalue weighted by atomic mass is 9.86. The van der Waals surface area contributed by atoms with Crippen LogP contribution in [0.5, 0.6) is 11.5 Å². The third-order valence-electron chi connectivity index (χ3n) is 4.20. The fourth-order valence-corrected chi connectivity index (χ4v) is 2.98. The molecule has 0 radical (unpaired) electrons. The summed E-state index contributed by atoms with van der Waals surface area (Å²) in [4.78, 5) is 0. The van der Waals surface area contributed by atoms with Crippen molar-refractivity contribution in [2.24, 2.45) is 0 Å². The molecule has 0 aliphatic heterocycles. The predicted octanol–water partition coefficient (Wildman–Crippen LogP) is 4.86. The van der Waals surface area contributed by atoms with Crippen molar-refractivity contribution in [3.63, 3.8) is 0 Å². The molecule has 0 aliphatic rings. The van der Waals surface area contributed by atoms with Gasteiger partial charge in [-0.05, 0) is 35.6 Å². The van der Waals surface area contributed by atoms with Gasteiger partial charge < -0.3 is 10.2 Å². The van der Waals surface area contributed by atoms with E-state index in [9.17, 15) is 10.2 Å². The van der Waals surface area contributed by atoms with Crippen molar-refractivity contribution >= 4 is 0 Å². The Hall–Kier alpha value is -2.74. The first kappa shape index (κ1) is 15.2. The molecule has 0 unspecified atom stereocenters. The highest BCUT2D eigenvalue weighted by molar-refractivity contribution is 5.44. The molecule has 0 spiro atoms. The molecule has 0 bridgehead atoms. The summed E-state index contributed by atoms with van der Waals surface area (Å²) < 4.78 is 0. The standard InChI is InChI=1S/C21H20O2/c22-20-13-7-12-18(21(20)23)14-15-19(16-8-3-1-4-9-16)17-10-5-2-6-11-17/h1-13,19,22-23H,14-15H2. The predicted molar refractivity (Wildman–Crippen MR) is 92.8 cm³/mol. The van der Waals surface area contributed by atoms with Crippen LogP contribution < -0.4 is 0 Å². The minimum atomic E-state index is -0.0570. The van der Waals surface area contributed by atoms with Gasteiger partial charge in [-0.3, -0.25) is 0 Å². The third-order valence-corrected chi connectivity index (χ3v) is 4.20. The van der Waals surface area contributed by atoms with Gasteiger partial charge in [0.2, 0.25) is 0 Å². The maximum absolute atomic E-state index is 10.0. The van der Waals surface area contributed by atoms with Crippen LogP contribution in [0.15, 0.2) is 78.9 Å². The molecule has 3 aromatic rings. The van der Waals surface area contributed by atoms with Gasteiger partial charge in [0, 0.05) is 5.92 Å². The van der Waals surface area contributed by atoms with E-state index in [1.54, 1.807) is 6.07 Å². The van der Waals surface area contributed by atoms with Gasteiger partial charge in [-0.15, -0.1) is 0 Å². The molecule has 3 aromatic carbocycles. The summed E-state index contributed by atoms with van der Waals surface area (Å²) in [5, 5.41) is 19.7. The van der Waals surface area contributed by atoms with Gasteiger partial charge in [-0.2, -0.15) is 0 Å². The zero-order chi connectivity index (χ0) is 16.1. The van der Waals surface area contributed by atoms with Crippen molar-refractivity contribution < 1.29 is 10.2 Å². The topological polar surface area (TPSA) is 40.5 Å². The molecule has 0 heterocycles. The molecule has 116 valence electrons. The summed E-state index contributed by atoms with van der Waals surface area (Å²) in [7, 11) is 0. The van der Waals surface area contributed by atoms with Gasteiger partial charge in [-0.25, -0.2) is 0 Å². The summed E-state index contributed by atoms with van der Waals surface area (Å²) >= 11 is 0. The molecule has 0 aliphatic carbocycles. The van der Waals surface area contributed by atoms with Crippen LogP contribution in [0.3, 0.4) is 0 Å². The SMILES string of the molecule is Oc1cccc(CCC(c2ccccc2)c2ccccc2)c1O. The van der Waals surface area contributed by atoms with Crippen LogP contribution in [0.2, 0.25) is 0 Å². The van der Waals surface area contributed by atoms with E-state index in [0.29, 0.717) is 6.42 Å². The molecule has 2 nitrogen and oxygen atoms in total. The van der Waals surface area contributed by atoms with Crippen LogP contribution in [-0.4, -0.2) is 10.2 Å². The van der Waals surface area contributed by atoms with E-state index in [2.05, 4.69) is 48.5 Å². The van der Waals surface area contributed by atoms with E-state index < -0.39 is 0 Å². The molecule has 2 heteroatoms. The Morgan fingerprint density at radius 1 is 0.652 bits per heavy atom. The summed E-state index contributed by atoms with van der Waals surface area (Å²) in [5.41, 5.74) is 3.30. The summed E-state index contributed by atoms with van der Waals surface area (Å²) in [5.74, 6) is 0.199. The maximum atomic E-state index is 10.0. The van der Waals surface area contributed by atoms with Crippen molar-refractivity contribution in [2.75, 3.05) is 0 Å². The van der Waals surface area contributed by atoms with Gasteiger partial charge in [0.25, 0.3) is 0 Å². The van der Waals surface area contributed by atoms with E-state index in [4.69, 9.17) is 0 Å². The van der Waals surface area contributed by atoms with Crippen molar-refractivity contribution in [3.8, 4) is 11.5 Å². The van der Waals surface area contributed by atoms with Crippen molar-refractivity contribution in [2.45, 2.75) is 18.8 Å². The Morgan fingerprint density at radius 2 is 1.22 bits per heavy atom. The number of hydrogen-bond donors (Lipinski definition) is 2. The van der Waals surface area contributed by atoms with Crippen LogP contribution in [-0.2, 0) is 6.42 Å². The van der Waals surface area contributed by atoms with Gasteiger partial charge in [0.1, 0.15) is 0 Å². The first-order valence-corrected chi connectivity index (χ1v) is 7.85. The minimum Gasteiger partial charge on any atom is -0.504 e. The van der Waals surface area contributed by atoms with Gasteiger partial charge in [-0.1, -0.05) is 72.8 Å². The Labute approximate surface area is 136 Å². The molecule has 0 amide bonds. The number of para-hydroxylation sites is 1. The number of aryl methyl sites for hydroxylation is 1. The molecular formula is C21H20O2. The number of phenols is 2. The summed E-state index contributed by atoms with van der Waals surface area (Å²) in [6.07, 6.45) is 1.57. The van der Waals surface area contributed by atoms with E-state index in [1.165, 1.54) is 17.2 Å². The lowest BCUT2D eigenvalue weighted by Gasteiger charge is -2.18. The number of hydrogen-bond acceptors (Lipinski definition) is 2. The van der Waals surface area contributed by atoms with Gasteiger partial charge in [0.05, 0.1) is 0 Å². The van der Waals surface area contributed by atoms with E-state index in [1.807, 2.05) is 18.2 Å². The molecule has 2 N–H and O–H groups in total. The Kier molecular flexibility index (Phi) is 4.62. The molecule has 0 atom stereocenters. The second-order valence-corrected chi connectivity index (χ2v) is 5.70. The average Bonchev–Trinajstić information content (AvgIpc) is 2.60. The molecular weight excluding hydrogens is 284 g/mol. The summed E-state index contributed by atoms with van der Waals surface area (Å²) in [6, 6.07) is 25.9. The van der Waals surface area contributed by atoms with Gasteiger partial charge in [0.15, 0.2) is 11.5 Å². The van der Waals surface area contributed by atoms with Crippen molar-refractivity contribution in [1.82, 2.24) is 0 Å². The second kappa shape index (κ2) is 7.01. The normalized spacial score (nSPS) is 10.8. The first-order valence-electron chi connectivity index (χ1n) is 7.85. The second-order valence-electron chi connectivity index (χ2n) is 5.70. The molecule has 0 saturated carbocycles. The maximum Gasteiger partial charge on any atom is 0.160 e. The van der Waals surface area contributed by atoms with Crippen LogP contribution in [0.4, 0.5) is 0 Å². The number of aromatic hydroxyl groups is 2. The largest absolute Gasteiger partial charge is 0.504 e. The first-order chi connectivity index (χ1) is 11.3. The minimum absolute atomic E-state index is 0.00706. The van der Waals surface area contributed by atoms with Crippen LogP contribution in [0.25, 0.3) is 0 Å².